The monoisotopic (exact) mass is 470 g/mol. The third-order valence-electron chi connectivity index (χ3n) is 6.79. The molecule has 0 aliphatic carbocycles. The number of anilines is 5. The van der Waals surface area contributed by atoms with Crippen LogP contribution in [0.2, 0.25) is 0 Å². The van der Waals surface area contributed by atoms with Gasteiger partial charge in [-0.05, 0) is 30.7 Å². The van der Waals surface area contributed by atoms with Crippen molar-refractivity contribution < 1.29 is 4.79 Å². The van der Waals surface area contributed by atoms with Crippen molar-refractivity contribution in [2.75, 3.05) is 42.2 Å². The molecule has 10 nitrogen and oxygen atoms in total. The van der Waals surface area contributed by atoms with Crippen molar-refractivity contribution in [3.05, 3.63) is 64.3 Å². The average molecular weight is 471 g/mol. The number of para-hydroxylation sites is 1. The van der Waals surface area contributed by atoms with Gasteiger partial charge in [0.2, 0.25) is 5.95 Å². The number of carbonyl (C=O) groups excluding carboxylic acids is 1. The fourth-order valence-corrected chi connectivity index (χ4v) is 4.88. The molecule has 1 amide bonds. The zero-order valence-electron chi connectivity index (χ0n) is 19.9. The van der Waals surface area contributed by atoms with Crippen molar-refractivity contribution in [2.24, 2.45) is 7.05 Å². The highest BCUT2D eigenvalue weighted by atomic mass is 16.2. The van der Waals surface area contributed by atoms with E-state index < -0.39 is 0 Å². The van der Waals surface area contributed by atoms with Gasteiger partial charge in [-0.25, -0.2) is 4.98 Å². The zero-order valence-corrected chi connectivity index (χ0v) is 19.9. The number of rotatable bonds is 3. The summed E-state index contributed by atoms with van der Waals surface area (Å²) in [7, 11) is 3.53. The summed E-state index contributed by atoms with van der Waals surface area (Å²) in [6, 6.07) is 9.77. The van der Waals surface area contributed by atoms with Crippen LogP contribution in [0.5, 0.6) is 0 Å². The lowest BCUT2D eigenvalue weighted by Crippen LogP contribution is -2.36. The number of likely N-dealkylation sites (N-methyl/N-ethyl adjacent to an activating group) is 1. The first-order chi connectivity index (χ1) is 16.9. The fourth-order valence-electron chi connectivity index (χ4n) is 4.88. The van der Waals surface area contributed by atoms with Crippen LogP contribution in [0.15, 0.2) is 47.5 Å². The molecule has 10 heteroatoms. The molecule has 0 fully saturated rings. The van der Waals surface area contributed by atoms with E-state index in [1.165, 1.54) is 0 Å². The summed E-state index contributed by atoms with van der Waals surface area (Å²) < 4.78 is 3.50. The number of hydrogen-bond acceptors (Lipinski definition) is 7. The number of aromatic nitrogens is 4. The first-order valence-electron chi connectivity index (χ1n) is 11.6. The van der Waals surface area contributed by atoms with Crippen LogP contribution in [-0.4, -0.2) is 56.6 Å². The molecule has 1 aromatic carbocycles. The number of carbonyl (C=O) groups is 1. The molecule has 2 aliphatic rings. The number of hydrogen-bond donors (Lipinski definition) is 2. The molecule has 6 rings (SSSR count). The normalized spacial score (nSPS) is 15.1. The maximum absolute atomic E-state index is 13.4. The molecule has 0 bridgehead atoms. The Morgan fingerprint density at radius 2 is 1.91 bits per heavy atom. The van der Waals surface area contributed by atoms with Gasteiger partial charge in [-0.15, -0.1) is 0 Å². The van der Waals surface area contributed by atoms with Crippen molar-refractivity contribution in [3.8, 4) is 0 Å². The molecule has 2 N–H and O–H groups in total. The van der Waals surface area contributed by atoms with Crippen LogP contribution in [0.25, 0.3) is 11.0 Å². The smallest absolute Gasteiger partial charge is 0.275 e. The Balaban J connectivity index is 1.36. The van der Waals surface area contributed by atoms with Gasteiger partial charge in [0.15, 0.2) is 0 Å². The van der Waals surface area contributed by atoms with Crippen molar-refractivity contribution in [1.82, 2.24) is 24.0 Å². The Morgan fingerprint density at radius 3 is 2.77 bits per heavy atom. The van der Waals surface area contributed by atoms with Gasteiger partial charge in [0, 0.05) is 58.1 Å². The highest BCUT2D eigenvalue weighted by Crippen LogP contribution is 2.36. The predicted molar refractivity (Wildman–Crippen MR) is 136 cm³/mol. The molecule has 178 valence electrons. The van der Waals surface area contributed by atoms with Crippen LogP contribution >= 0.6 is 0 Å². The maximum atomic E-state index is 13.4. The zero-order chi connectivity index (χ0) is 24.3. The molecule has 5 heterocycles. The lowest BCUT2D eigenvalue weighted by atomic mass is 10.1. The number of pyridine rings is 1. The molecule has 2 aliphatic heterocycles. The minimum Gasteiger partial charge on any atom is -0.381 e. The summed E-state index contributed by atoms with van der Waals surface area (Å²) in [4.78, 5) is 38.7. The first-order valence-corrected chi connectivity index (χ1v) is 11.6. The van der Waals surface area contributed by atoms with Crippen molar-refractivity contribution in [1.29, 1.82) is 0 Å². The quantitative estimate of drug-likeness (QED) is 0.475. The third kappa shape index (κ3) is 3.40. The van der Waals surface area contributed by atoms with E-state index in [0.717, 1.165) is 41.1 Å². The molecular formula is C25H26N8O2. The van der Waals surface area contributed by atoms with E-state index in [0.29, 0.717) is 36.1 Å². The van der Waals surface area contributed by atoms with Crippen LogP contribution in [0.4, 0.5) is 28.7 Å². The summed E-state index contributed by atoms with van der Waals surface area (Å²) in [6.45, 7) is 4.91. The number of amides is 1. The van der Waals surface area contributed by atoms with Gasteiger partial charge in [-0.3, -0.25) is 14.2 Å². The van der Waals surface area contributed by atoms with E-state index in [4.69, 9.17) is 0 Å². The van der Waals surface area contributed by atoms with Gasteiger partial charge in [-0.2, -0.15) is 4.98 Å². The number of nitrogens with zero attached hydrogens (tertiary/aromatic N) is 6. The second-order valence-corrected chi connectivity index (χ2v) is 9.07. The topological polar surface area (TPSA) is 100 Å². The Kier molecular flexibility index (Phi) is 4.77. The molecule has 0 atom stereocenters. The standard InChI is InChI=1S/C25H26N8O2/c1-15-5-4-6-18-21(15)26-7-8-33(18)20-11-16-13-27-25(29-22(16)31(3)24(20)35)28-17-12-19-23(34)30(2)9-10-32(19)14-17/h4-6,11-14,26H,7-10H2,1-3H3,(H,27,28,29). The van der Waals surface area contributed by atoms with Gasteiger partial charge in [0.05, 0.1) is 17.1 Å². The highest BCUT2D eigenvalue weighted by molar-refractivity contribution is 5.94. The Labute approximate surface area is 201 Å². The van der Waals surface area contributed by atoms with Gasteiger partial charge in [0.1, 0.15) is 17.0 Å². The fraction of sp³-hybridized carbons (Fsp3) is 0.280. The largest absolute Gasteiger partial charge is 0.381 e. The van der Waals surface area contributed by atoms with Crippen LogP contribution < -0.4 is 21.1 Å². The van der Waals surface area contributed by atoms with E-state index in [9.17, 15) is 9.59 Å². The molecule has 3 aromatic heterocycles. The molecular weight excluding hydrogens is 444 g/mol. The Morgan fingerprint density at radius 1 is 1.06 bits per heavy atom. The van der Waals surface area contributed by atoms with Crippen LogP contribution in [0, 0.1) is 6.92 Å². The predicted octanol–water partition coefficient (Wildman–Crippen LogP) is 2.83. The van der Waals surface area contributed by atoms with Gasteiger partial charge >= 0.3 is 0 Å². The third-order valence-corrected chi connectivity index (χ3v) is 6.79. The van der Waals surface area contributed by atoms with E-state index in [2.05, 4.69) is 38.5 Å². The lowest BCUT2D eigenvalue weighted by molar-refractivity contribution is 0.0749. The summed E-state index contributed by atoms with van der Waals surface area (Å²) >= 11 is 0. The second kappa shape index (κ2) is 7.86. The Bertz CT molecular complexity index is 1550. The molecule has 0 saturated carbocycles. The van der Waals surface area contributed by atoms with Crippen LogP contribution in [0.1, 0.15) is 16.1 Å². The van der Waals surface area contributed by atoms with Gasteiger partial charge in [0.25, 0.3) is 11.5 Å². The molecule has 0 spiro atoms. The molecule has 0 saturated heterocycles. The molecule has 35 heavy (non-hydrogen) atoms. The number of aryl methyl sites for hydroxylation is 2. The summed E-state index contributed by atoms with van der Waals surface area (Å²) in [5, 5.41) is 7.40. The maximum Gasteiger partial charge on any atom is 0.275 e. The summed E-state index contributed by atoms with van der Waals surface area (Å²) in [6.07, 6.45) is 3.61. The lowest BCUT2D eigenvalue weighted by Gasteiger charge is -2.32. The summed E-state index contributed by atoms with van der Waals surface area (Å²) in [5.74, 6) is 0.357. The number of nitrogens with one attached hydrogen (secondary N) is 2. The van der Waals surface area contributed by atoms with Gasteiger partial charge in [-0.1, -0.05) is 12.1 Å². The van der Waals surface area contributed by atoms with Crippen molar-refractivity contribution in [3.63, 3.8) is 0 Å². The highest BCUT2D eigenvalue weighted by Gasteiger charge is 2.24. The van der Waals surface area contributed by atoms with Gasteiger partial charge < -0.3 is 25.0 Å². The van der Waals surface area contributed by atoms with Crippen molar-refractivity contribution >= 4 is 45.6 Å². The van der Waals surface area contributed by atoms with E-state index in [-0.39, 0.29) is 11.5 Å². The second-order valence-electron chi connectivity index (χ2n) is 9.07. The van der Waals surface area contributed by atoms with E-state index in [1.54, 1.807) is 35.8 Å². The average Bonchev–Trinajstić information content (AvgIpc) is 3.27. The number of fused-ring (bicyclic) bond motifs is 3. The Hall–Kier alpha value is -4.34. The summed E-state index contributed by atoms with van der Waals surface area (Å²) in [5.41, 5.74) is 5.56. The minimum atomic E-state index is -0.121. The van der Waals surface area contributed by atoms with Crippen molar-refractivity contribution in [2.45, 2.75) is 13.5 Å². The molecule has 0 unspecified atom stereocenters. The van der Waals surface area contributed by atoms with E-state index in [1.807, 2.05) is 29.0 Å². The molecule has 0 radical (unpaired) electrons. The van der Waals surface area contributed by atoms with Crippen LogP contribution in [-0.2, 0) is 13.6 Å². The van der Waals surface area contributed by atoms with E-state index >= 15 is 0 Å². The van der Waals surface area contributed by atoms with Crippen LogP contribution in [0.3, 0.4) is 0 Å². The first kappa shape index (κ1) is 21.2. The molecule has 4 aromatic rings. The minimum absolute atomic E-state index is 0.0108. The SMILES string of the molecule is Cc1cccc2c1NCCN2c1cc2cnc(Nc3cc4n(c3)CCN(C)C4=O)nc2n(C)c1=O. The number of benzene rings is 1.